The third-order valence-electron chi connectivity index (χ3n) is 3.47. The number of amides is 1. The van der Waals surface area contributed by atoms with Gasteiger partial charge in [-0.2, -0.15) is 0 Å². The summed E-state index contributed by atoms with van der Waals surface area (Å²) in [6.45, 7) is 8.36. The van der Waals surface area contributed by atoms with Crippen molar-refractivity contribution in [1.29, 1.82) is 0 Å². The summed E-state index contributed by atoms with van der Waals surface area (Å²) in [5.41, 5.74) is 0.597. The Morgan fingerprint density at radius 1 is 1.17 bits per heavy atom. The quantitative estimate of drug-likeness (QED) is 0.775. The van der Waals surface area contributed by atoms with E-state index in [4.69, 9.17) is 11.6 Å². The van der Waals surface area contributed by atoms with Crippen molar-refractivity contribution < 1.29 is 4.79 Å². The van der Waals surface area contributed by atoms with Crippen LogP contribution < -0.4 is 0 Å². The topological polar surface area (TPSA) is 20.3 Å². The second kappa shape index (κ2) is 6.79. The summed E-state index contributed by atoms with van der Waals surface area (Å²) in [5, 5.41) is 0.527. The minimum Gasteiger partial charge on any atom is -0.333 e. The Morgan fingerprint density at radius 3 is 2.11 bits per heavy atom. The molecule has 0 aliphatic carbocycles. The number of benzene rings is 1. The largest absolute Gasteiger partial charge is 0.333 e. The van der Waals surface area contributed by atoms with E-state index in [1.165, 1.54) is 0 Å². The molecule has 1 amide bonds. The lowest BCUT2D eigenvalue weighted by Crippen LogP contribution is -2.44. The highest BCUT2D eigenvalue weighted by atomic mass is 35.5. The monoisotopic (exact) mass is 267 g/mol. The fourth-order valence-corrected chi connectivity index (χ4v) is 2.22. The fourth-order valence-electron chi connectivity index (χ4n) is 2.00. The van der Waals surface area contributed by atoms with E-state index in [-0.39, 0.29) is 18.0 Å². The van der Waals surface area contributed by atoms with E-state index >= 15 is 0 Å². The molecule has 3 heteroatoms. The van der Waals surface area contributed by atoms with E-state index in [0.29, 0.717) is 10.6 Å². The zero-order chi connectivity index (χ0) is 13.7. The molecular formula is C15H22ClNO. The minimum atomic E-state index is 0.0318. The van der Waals surface area contributed by atoms with Crippen LogP contribution in [-0.2, 0) is 0 Å². The Balaban J connectivity index is 3.07. The maximum atomic E-state index is 12.6. The molecule has 2 nitrogen and oxygen atoms in total. The highest BCUT2D eigenvalue weighted by Crippen LogP contribution is 2.21. The zero-order valence-corrected chi connectivity index (χ0v) is 12.4. The summed E-state index contributed by atoms with van der Waals surface area (Å²) >= 11 is 6.11. The van der Waals surface area contributed by atoms with Gasteiger partial charge in [-0.3, -0.25) is 4.79 Å². The molecule has 1 aromatic rings. The predicted octanol–water partition coefficient (Wildman–Crippen LogP) is 4.38. The molecule has 0 aliphatic rings. The molecule has 0 heterocycles. The van der Waals surface area contributed by atoms with E-state index in [1.54, 1.807) is 12.1 Å². The first kappa shape index (κ1) is 15.0. The first-order chi connectivity index (χ1) is 8.52. The number of hydrogen-bond acceptors (Lipinski definition) is 1. The van der Waals surface area contributed by atoms with Gasteiger partial charge in [0.1, 0.15) is 0 Å². The van der Waals surface area contributed by atoms with Crippen LogP contribution in [0.25, 0.3) is 0 Å². The zero-order valence-electron chi connectivity index (χ0n) is 11.6. The average Bonchev–Trinajstić information content (AvgIpc) is 2.38. The molecule has 0 saturated heterocycles. The molecule has 0 radical (unpaired) electrons. The van der Waals surface area contributed by atoms with Crippen LogP contribution in [0.5, 0.6) is 0 Å². The standard InChI is InChI=1S/C15H22ClNO/c1-5-11(3)17(12(4)6-2)15(18)13-9-7-8-10-14(13)16/h7-12H,5-6H2,1-4H3. The average molecular weight is 268 g/mol. The molecule has 18 heavy (non-hydrogen) atoms. The van der Waals surface area contributed by atoms with E-state index in [0.717, 1.165) is 12.8 Å². The van der Waals surface area contributed by atoms with Crippen molar-refractivity contribution in [2.24, 2.45) is 0 Å². The third-order valence-corrected chi connectivity index (χ3v) is 3.80. The van der Waals surface area contributed by atoms with Gasteiger partial charge in [0.15, 0.2) is 0 Å². The van der Waals surface area contributed by atoms with Crippen LogP contribution in [-0.4, -0.2) is 22.9 Å². The molecule has 2 unspecified atom stereocenters. The van der Waals surface area contributed by atoms with E-state index in [1.807, 2.05) is 17.0 Å². The van der Waals surface area contributed by atoms with Gasteiger partial charge in [0.05, 0.1) is 10.6 Å². The van der Waals surface area contributed by atoms with Gasteiger partial charge in [-0.1, -0.05) is 37.6 Å². The molecule has 100 valence electrons. The van der Waals surface area contributed by atoms with Crippen LogP contribution in [0.4, 0.5) is 0 Å². The van der Waals surface area contributed by atoms with Crippen LogP contribution >= 0.6 is 11.6 Å². The van der Waals surface area contributed by atoms with Gasteiger partial charge in [0.2, 0.25) is 0 Å². The van der Waals surface area contributed by atoms with Crippen LogP contribution in [0.2, 0.25) is 5.02 Å². The van der Waals surface area contributed by atoms with Crippen molar-refractivity contribution in [3.05, 3.63) is 34.9 Å². The molecule has 1 aromatic carbocycles. The van der Waals surface area contributed by atoms with Gasteiger partial charge in [0, 0.05) is 12.1 Å². The minimum absolute atomic E-state index is 0.0318. The molecule has 0 bridgehead atoms. The summed E-state index contributed by atoms with van der Waals surface area (Å²) in [7, 11) is 0. The van der Waals surface area contributed by atoms with Crippen molar-refractivity contribution in [3.8, 4) is 0 Å². The number of nitrogens with zero attached hydrogens (tertiary/aromatic N) is 1. The lowest BCUT2D eigenvalue weighted by Gasteiger charge is -2.34. The fraction of sp³-hybridized carbons (Fsp3) is 0.533. The van der Waals surface area contributed by atoms with Crippen LogP contribution in [0.15, 0.2) is 24.3 Å². The number of rotatable bonds is 5. The van der Waals surface area contributed by atoms with Gasteiger partial charge in [-0.25, -0.2) is 0 Å². The van der Waals surface area contributed by atoms with Crippen molar-refractivity contribution in [2.45, 2.75) is 52.6 Å². The van der Waals surface area contributed by atoms with Crippen molar-refractivity contribution in [1.82, 2.24) is 4.90 Å². The number of carbonyl (C=O) groups excluding carboxylic acids is 1. The predicted molar refractivity (Wildman–Crippen MR) is 77.1 cm³/mol. The maximum absolute atomic E-state index is 12.6. The Kier molecular flexibility index (Phi) is 5.67. The highest BCUT2D eigenvalue weighted by molar-refractivity contribution is 6.33. The lowest BCUT2D eigenvalue weighted by molar-refractivity contribution is 0.0598. The second-order valence-corrected chi connectivity index (χ2v) is 5.11. The van der Waals surface area contributed by atoms with Crippen molar-refractivity contribution >= 4 is 17.5 Å². The summed E-state index contributed by atoms with van der Waals surface area (Å²) in [5.74, 6) is 0.0318. The first-order valence-corrected chi connectivity index (χ1v) is 6.97. The van der Waals surface area contributed by atoms with Gasteiger partial charge in [-0.05, 0) is 38.8 Å². The number of halogens is 1. The molecule has 0 aromatic heterocycles. The normalized spacial score (nSPS) is 14.1. The Morgan fingerprint density at radius 2 is 1.67 bits per heavy atom. The molecule has 0 aliphatic heterocycles. The molecule has 0 fully saturated rings. The van der Waals surface area contributed by atoms with Gasteiger partial charge >= 0.3 is 0 Å². The van der Waals surface area contributed by atoms with E-state index < -0.39 is 0 Å². The Bertz CT molecular complexity index is 395. The van der Waals surface area contributed by atoms with Gasteiger partial charge in [-0.15, -0.1) is 0 Å². The second-order valence-electron chi connectivity index (χ2n) is 4.71. The van der Waals surface area contributed by atoms with Crippen LogP contribution in [0.3, 0.4) is 0 Å². The highest BCUT2D eigenvalue weighted by Gasteiger charge is 2.25. The first-order valence-electron chi connectivity index (χ1n) is 6.60. The molecular weight excluding hydrogens is 246 g/mol. The smallest absolute Gasteiger partial charge is 0.255 e. The summed E-state index contributed by atoms with van der Waals surface area (Å²) in [4.78, 5) is 14.6. The van der Waals surface area contributed by atoms with Gasteiger partial charge < -0.3 is 4.90 Å². The SMILES string of the molecule is CCC(C)N(C(=O)c1ccccc1Cl)C(C)CC. The number of carbonyl (C=O) groups is 1. The molecule has 2 atom stereocenters. The van der Waals surface area contributed by atoms with E-state index in [9.17, 15) is 4.79 Å². The third kappa shape index (κ3) is 3.26. The molecule has 1 rings (SSSR count). The van der Waals surface area contributed by atoms with Crippen LogP contribution in [0.1, 0.15) is 50.9 Å². The summed E-state index contributed by atoms with van der Waals surface area (Å²) < 4.78 is 0. The molecule has 0 spiro atoms. The van der Waals surface area contributed by atoms with E-state index in [2.05, 4.69) is 27.7 Å². The van der Waals surface area contributed by atoms with Crippen molar-refractivity contribution in [3.63, 3.8) is 0 Å². The van der Waals surface area contributed by atoms with Gasteiger partial charge in [0.25, 0.3) is 5.91 Å². The molecule has 0 N–H and O–H groups in total. The maximum Gasteiger partial charge on any atom is 0.255 e. The summed E-state index contributed by atoms with van der Waals surface area (Å²) in [6, 6.07) is 7.70. The Hall–Kier alpha value is -1.02. The van der Waals surface area contributed by atoms with Crippen LogP contribution in [0, 0.1) is 0 Å². The summed E-state index contributed by atoms with van der Waals surface area (Å²) in [6.07, 6.45) is 1.89. The lowest BCUT2D eigenvalue weighted by atomic mass is 10.1. The Labute approximate surface area is 115 Å². The number of hydrogen-bond donors (Lipinski definition) is 0. The van der Waals surface area contributed by atoms with Crippen molar-refractivity contribution in [2.75, 3.05) is 0 Å². The molecule has 0 saturated carbocycles.